The second kappa shape index (κ2) is 8.77. The molecule has 1 unspecified atom stereocenters. The largest absolute Gasteiger partial charge is 0.289 e. The second-order valence-corrected chi connectivity index (χ2v) is 9.03. The molecule has 158 valence electrons. The van der Waals surface area contributed by atoms with E-state index < -0.39 is 6.04 Å². The molecule has 4 nitrogen and oxygen atoms in total. The first-order valence-electron chi connectivity index (χ1n) is 10.3. The van der Waals surface area contributed by atoms with E-state index >= 15 is 0 Å². The van der Waals surface area contributed by atoms with Crippen molar-refractivity contribution in [3.63, 3.8) is 0 Å². The Bertz CT molecular complexity index is 1240. The zero-order chi connectivity index (χ0) is 22.1. The van der Waals surface area contributed by atoms with Crippen LogP contribution >= 0.6 is 23.4 Å². The van der Waals surface area contributed by atoms with Gasteiger partial charge in [-0.2, -0.15) is 0 Å². The molecule has 0 spiro atoms. The first-order chi connectivity index (χ1) is 15.6. The van der Waals surface area contributed by atoms with Crippen molar-refractivity contribution in [1.29, 1.82) is 0 Å². The van der Waals surface area contributed by atoms with E-state index in [1.165, 1.54) is 0 Å². The van der Waals surface area contributed by atoms with Gasteiger partial charge < -0.3 is 0 Å². The first kappa shape index (κ1) is 20.7. The van der Waals surface area contributed by atoms with E-state index in [1.807, 2.05) is 60.7 Å². The van der Waals surface area contributed by atoms with Crippen molar-refractivity contribution in [2.45, 2.75) is 12.5 Å². The summed E-state index contributed by atoms with van der Waals surface area (Å²) < 4.78 is 0. The van der Waals surface area contributed by atoms with Crippen molar-refractivity contribution in [2.75, 3.05) is 5.75 Å². The van der Waals surface area contributed by atoms with E-state index in [9.17, 15) is 9.59 Å². The summed E-state index contributed by atoms with van der Waals surface area (Å²) in [5, 5.41) is 1.23. The summed E-state index contributed by atoms with van der Waals surface area (Å²) in [6.45, 7) is 0. The van der Waals surface area contributed by atoms with Crippen LogP contribution in [0.25, 0.3) is 5.70 Å². The summed E-state index contributed by atoms with van der Waals surface area (Å²) >= 11 is 7.69. The minimum atomic E-state index is -0.581. The Balaban J connectivity index is 1.79. The Morgan fingerprint density at radius 1 is 0.938 bits per heavy atom. The third-order valence-electron chi connectivity index (χ3n) is 5.53. The lowest BCUT2D eigenvalue weighted by atomic mass is 9.87. The van der Waals surface area contributed by atoms with E-state index in [2.05, 4.69) is 0 Å². The van der Waals surface area contributed by atoms with Gasteiger partial charge in [0.2, 0.25) is 5.91 Å². The van der Waals surface area contributed by atoms with Gasteiger partial charge in [-0.05, 0) is 17.7 Å². The molecule has 0 N–H and O–H groups in total. The Hall–Kier alpha value is -3.15. The lowest BCUT2D eigenvalue weighted by Gasteiger charge is -2.39. The second-order valence-electron chi connectivity index (χ2n) is 7.53. The maximum Gasteiger partial charge on any atom is 0.230 e. The number of fused-ring (bicyclic) bond motifs is 1. The molecule has 3 aromatic carbocycles. The third kappa shape index (κ3) is 3.78. The Kier molecular flexibility index (Phi) is 5.68. The standard InChI is InChI=1S/C26H19ClN2O2S/c27-20-13-11-18(12-14-20)24-22(25(31)19-9-5-2-6-10-19)23(17-7-3-1-4-8-17)28-26-29(24)21(30)15-16-32-26/h1-14,24H,15-16H2. The monoisotopic (exact) mass is 458 g/mol. The van der Waals surface area contributed by atoms with Crippen molar-refractivity contribution in [3.8, 4) is 0 Å². The van der Waals surface area contributed by atoms with Gasteiger partial charge in [0, 0.05) is 28.3 Å². The van der Waals surface area contributed by atoms with Crippen LogP contribution in [-0.2, 0) is 4.79 Å². The molecule has 6 heteroatoms. The van der Waals surface area contributed by atoms with Gasteiger partial charge in [-0.1, -0.05) is 96.2 Å². The summed E-state index contributed by atoms with van der Waals surface area (Å²) in [4.78, 5) is 33.6. The van der Waals surface area contributed by atoms with Crippen LogP contribution in [0.5, 0.6) is 0 Å². The number of carbonyl (C=O) groups is 2. The van der Waals surface area contributed by atoms with Crippen LogP contribution in [0.3, 0.4) is 0 Å². The fraction of sp³-hybridized carbons (Fsp3) is 0.115. The zero-order valence-corrected chi connectivity index (χ0v) is 18.6. The number of amidine groups is 1. The van der Waals surface area contributed by atoms with Gasteiger partial charge in [0.05, 0.1) is 17.3 Å². The summed E-state index contributed by atoms with van der Waals surface area (Å²) in [7, 11) is 0. The number of aliphatic imine (C=N–C) groups is 1. The first-order valence-corrected chi connectivity index (χ1v) is 11.7. The average molecular weight is 459 g/mol. The fourth-order valence-electron chi connectivity index (χ4n) is 4.03. The minimum absolute atomic E-state index is 0.0343. The molecule has 0 aromatic heterocycles. The van der Waals surface area contributed by atoms with Crippen LogP contribution in [0.1, 0.15) is 33.9 Å². The molecule has 1 atom stereocenters. The fourth-order valence-corrected chi connectivity index (χ4v) is 5.12. The number of amides is 1. The average Bonchev–Trinajstić information content (AvgIpc) is 2.84. The Labute approximate surface area is 195 Å². The molecule has 1 saturated heterocycles. The van der Waals surface area contributed by atoms with Crippen molar-refractivity contribution >= 4 is 45.9 Å². The predicted molar refractivity (Wildman–Crippen MR) is 130 cm³/mol. The highest BCUT2D eigenvalue weighted by molar-refractivity contribution is 8.14. The van der Waals surface area contributed by atoms with Crippen LogP contribution < -0.4 is 0 Å². The number of halogens is 1. The summed E-state index contributed by atoms with van der Waals surface area (Å²) in [5.41, 5.74) is 3.32. The van der Waals surface area contributed by atoms with Gasteiger partial charge in [-0.15, -0.1) is 0 Å². The molecule has 2 heterocycles. The van der Waals surface area contributed by atoms with Gasteiger partial charge in [-0.3, -0.25) is 14.5 Å². The Morgan fingerprint density at radius 3 is 2.28 bits per heavy atom. The quantitative estimate of drug-likeness (QED) is 0.450. The minimum Gasteiger partial charge on any atom is -0.289 e. The number of rotatable bonds is 4. The molecular weight excluding hydrogens is 440 g/mol. The molecule has 1 amide bonds. The van der Waals surface area contributed by atoms with E-state index in [4.69, 9.17) is 16.6 Å². The molecule has 2 aliphatic heterocycles. The number of benzene rings is 3. The number of carbonyl (C=O) groups excluding carboxylic acids is 2. The topological polar surface area (TPSA) is 49.7 Å². The van der Waals surface area contributed by atoms with Crippen LogP contribution in [0, 0.1) is 0 Å². The van der Waals surface area contributed by atoms with Gasteiger partial charge in [0.1, 0.15) is 0 Å². The molecular formula is C26H19ClN2O2S. The highest BCUT2D eigenvalue weighted by Crippen LogP contribution is 2.44. The maximum atomic E-state index is 13.9. The van der Waals surface area contributed by atoms with Crippen molar-refractivity contribution in [2.24, 2.45) is 4.99 Å². The molecule has 0 aliphatic carbocycles. The summed E-state index contributed by atoms with van der Waals surface area (Å²) in [5.74, 6) is 0.495. The SMILES string of the molecule is O=C(C1=C(c2ccccc2)N=C2SCCC(=O)N2C1c1ccc(Cl)cc1)c1ccccc1. The van der Waals surface area contributed by atoms with E-state index in [0.717, 1.165) is 11.1 Å². The number of ketones is 1. The zero-order valence-electron chi connectivity index (χ0n) is 17.1. The number of nitrogens with zero attached hydrogens (tertiary/aromatic N) is 2. The number of hydrogen-bond acceptors (Lipinski definition) is 4. The van der Waals surface area contributed by atoms with E-state index in [-0.39, 0.29) is 11.7 Å². The maximum absolute atomic E-state index is 13.9. The van der Waals surface area contributed by atoms with Gasteiger partial charge in [-0.25, -0.2) is 4.99 Å². The number of hydrogen-bond donors (Lipinski definition) is 0. The molecule has 1 fully saturated rings. The molecule has 0 bridgehead atoms. The van der Waals surface area contributed by atoms with Crippen LogP contribution in [-0.4, -0.2) is 27.5 Å². The number of thioether (sulfide) groups is 1. The molecule has 2 aliphatic rings. The molecule has 5 rings (SSSR count). The summed E-state index contributed by atoms with van der Waals surface area (Å²) in [6, 6.07) is 25.6. The van der Waals surface area contributed by atoms with Crippen LogP contribution in [0.2, 0.25) is 5.02 Å². The highest BCUT2D eigenvalue weighted by atomic mass is 35.5. The van der Waals surface area contributed by atoms with Gasteiger partial charge in [0.25, 0.3) is 0 Å². The van der Waals surface area contributed by atoms with Crippen LogP contribution in [0.4, 0.5) is 0 Å². The molecule has 0 saturated carbocycles. The third-order valence-corrected chi connectivity index (χ3v) is 6.74. The lowest BCUT2D eigenvalue weighted by Crippen LogP contribution is -2.45. The van der Waals surface area contributed by atoms with E-state index in [0.29, 0.717) is 39.2 Å². The van der Waals surface area contributed by atoms with Crippen LogP contribution in [0.15, 0.2) is 95.5 Å². The van der Waals surface area contributed by atoms with E-state index in [1.54, 1.807) is 40.9 Å². The smallest absolute Gasteiger partial charge is 0.230 e. The number of Topliss-reactive ketones (excluding diaryl/α,β-unsaturated/α-hetero) is 1. The predicted octanol–water partition coefficient (Wildman–Crippen LogP) is 6.01. The van der Waals surface area contributed by atoms with Gasteiger partial charge >= 0.3 is 0 Å². The van der Waals surface area contributed by atoms with Crippen molar-refractivity contribution in [1.82, 2.24) is 4.90 Å². The van der Waals surface area contributed by atoms with Gasteiger partial charge in [0.15, 0.2) is 11.0 Å². The normalized spacial score (nSPS) is 18.3. The van der Waals surface area contributed by atoms with Crippen molar-refractivity contribution in [3.05, 3.63) is 112 Å². The summed E-state index contributed by atoms with van der Waals surface area (Å²) in [6.07, 6.45) is 0.404. The molecule has 32 heavy (non-hydrogen) atoms. The van der Waals surface area contributed by atoms with Crippen molar-refractivity contribution < 1.29 is 9.59 Å². The Morgan fingerprint density at radius 2 is 1.59 bits per heavy atom. The molecule has 3 aromatic rings. The lowest BCUT2D eigenvalue weighted by molar-refractivity contribution is -0.128. The molecule has 0 radical (unpaired) electrons. The highest BCUT2D eigenvalue weighted by Gasteiger charge is 2.42.